The van der Waals surface area contributed by atoms with E-state index in [0.29, 0.717) is 0 Å². The van der Waals surface area contributed by atoms with Gasteiger partial charge in [0.25, 0.3) is 0 Å². The van der Waals surface area contributed by atoms with Crippen molar-refractivity contribution in [3.05, 3.63) is 0 Å². The highest BCUT2D eigenvalue weighted by Gasteiger charge is 2.52. The van der Waals surface area contributed by atoms with Crippen molar-refractivity contribution in [1.82, 2.24) is 4.90 Å². The number of esters is 1. The molecule has 1 atom stereocenters. The summed E-state index contributed by atoms with van der Waals surface area (Å²) in [6.45, 7) is 5.53. The van der Waals surface area contributed by atoms with Gasteiger partial charge in [0.05, 0.1) is 15.2 Å². The Kier molecular flexibility index (Phi) is 4.13. The molecule has 0 aliphatic carbocycles. The van der Waals surface area contributed by atoms with Crippen molar-refractivity contribution in [3.63, 3.8) is 0 Å². The van der Waals surface area contributed by atoms with Crippen molar-refractivity contribution in [3.8, 4) is 0 Å². The second-order valence-corrected chi connectivity index (χ2v) is 11.8. The molecule has 2 saturated heterocycles. The van der Waals surface area contributed by atoms with Crippen LogP contribution in [-0.2, 0) is 14.3 Å². The van der Waals surface area contributed by atoms with E-state index in [4.69, 9.17) is 9.47 Å². The van der Waals surface area contributed by atoms with Gasteiger partial charge < -0.3 is 9.47 Å². The summed E-state index contributed by atoms with van der Waals surface area (Å²) >= 11 is 0. The third kappa shape index (κ3) is 3.16. The molecule has 0 bridgehead atoms. The molecule has 2 aliphatic heterocycles. The Bertz CT molecular complexity index is 398. The van der Waals surface area contributed by atoms with Crippen LogP contribution >= 0.6 is 0 Å². The van der Waals surface area contributed by atoms with Gasteiger partial charge >= 0.3 is 12.1 Å². The molecule has 0 aromatic carbocycles. The molecule has 2 fully saturated rings. The smallest absolute Gasteiger partial charge is 0.410 e. The average molecular weight is 299 g/mol. The maximum atomic E-state index is 12.3. The number of rotatable bonds is 1. The van der Waals surface area contributed by atoms with Crippen molar-refractivity contribution >= 4 is 20.1 Å². The topological polar surface area (TPSA) is 55.8 Å². The quantitative estimate of drug-likeness (QED) is 0.551. The summed E-state index contributed by atoms with van der Waals surface area (Å²) < 4.78 is 10.3. The lowest BCUT2D eigenvalue weighted by molar-refractivity contribution is -0.145. The van der Waals surface area contributed by atoms with E-state index in [1.807, 2.05) is 20.8 Å². The molecule has 1 spiro atoms. The summed E-state index contributed by atoms with van der Waals surface area (Å²) in [5.74, 6) is -0.299. The molecule has 20 heavy (non-hydrogen) atoms. The highest BCUT2D eigenvalue weighted by atomic mass is 28.3. The van der Waals surface area contributed by atoms with Crippen molar-refractivity contribution in [2.75, 3.05) is 13.3 Å². The lowest BCUT2D eigenvalue weighted by Crippen LogP contribution is -2.44. The molecule has 0 N–H and O–H groups in total. The fraction of sp³-hybridized carbons (Fsp3) is 0.857. The average Bonchev–Trinajstić information content (AvgIpc) is 2.94. The molecule has 0 saturated carbocycles. The van der Waals surface area contributed by atoms with Crippen LogP contribution in [0.25, 0.3) is 0 Å². The van der Waals surface area contributed by atoms with Gasteiger partial charge in [-0.3, -0.25) is 4.90 Å². The number of hydrogen-bond donors (Lipinski definition) is 0. The second kappa shape index (κ2) is 5.39. The predicted octanol–water partition coefficient (Wildman–Crippen LogP) is 2.56. The van der Waals surface area contributed by atoms with Crippen LogP contribution < -0.4 is 0 Å². The minimum absolute atomic E-state index is 0.299. The van der Waals surface area contributed by atoms with Gasteiger partial charge in [-0.1, -0.05) is 24.9 Å². The third-order valence-electron chi connectivity index (χ3n) is 4.27. The molecule has 0 aromatic rings. The Morgan fingerprint density at radius 2 is 1.80 bits per heavy atom. The Hall–Kier alpha value is -1.04. The summed E-state index contributed by atoms with van der Waals surface area (Å²) in [6, 6.07) is 2.86. The molecule has 0 radical (unpaired) electrons. The molecular weight excluding hydrogens is 274 g/mol. The van der Waals surface area contributed by atoms with Crippen LogP contribution in [0, 0.1) is 0 Å². The van der Waals surface area contributed by atoms with Crippen LogP contribution in [0.2, 0.25) is 18.1 Å². The number of methoxy groups -OCH3 is 1. The summed E-state index contributed by atoms with van der Waals surface area (Å²) in [7, 11) is -0.103. The number of nitrogens with zero attached hydrogens (tertiary/aromatic N) is 1. The van der Waals surface area contributed by atoms with Crippen molar-refractivity contribution in [2.45, 2.75) is 63.4 Å². The maximum absolute atomic E-state index is 12.3. The van der Waals surface area contributed by atoms with E-state index in [9.17, 15) is 9.59 Å². The lowest BCUT2D eigenvalue weighted by Gasteiger charge is -2.28. The van der Waals surface area contributed by atoms with Crippen LogP contribution in [0.3, 0.4) is 0 Å². The van der Waals surface area contributed by atoms with E-state index in [2.05, 4.69) is 0 Å². The van der Waals surface area contributed by atoms with E-state index in [0.717, 1.165) is 12.2 Å². The van der Waals surface area contributed by atoms with Gasteiger partial charge in [-0.05, 0) is 26.8 Å². The summed E-state index contributed by atoms with van der Waals surface area (Å²) in [6.07, 6.45) is 2.86. The van der Waals surface area contributed by atoms with Gasteiger partial charge in [0.15, 0.2) is 0 Å². The monoisotopic (exact) mass is 299 g/mol. The first-order valence-electron chi connectivity index (χ1n) is 7.34. The Balaban J connectivity index is 2.15. The molecule has 6 heteroatoms. The molecule has 1 amide bonds. The largest absolute Gasteiger partial charge is 0.467 e. The molecule has 0 aromatic heterocycles. The van der Waals surface area contributed by atoms with E-state index < -0.39 is 19.7 Å². The van der Waals surface area contributed by atoms with Crippen LogP contribution in [0.15, 0.2) is 0 Å². The Morgan fingerprint density at radius 3 is 2.30 bits per heavy atom. The molecule has 1 unspecified atom stereocenters. The SMILES string of the molecule is COC(=O)C1C[Si]2(CCCC2)CN1C(=O)OC(C)(C)C. The zero-order chi connectivity index (χ0) is 15.0. The number of hydrogen-bond acceptors (Lipinski definition) is 4. The number of ether oxygens (including phenoxy) is 2. The van der Waals surface area contributed by atoms with Gasteiger partial charge in [0.2, 0.25) is 0 Å². The van der Waals surface area contributed by atoms with Crippen LogP contribution in [-0.4, -0.2) is 50.0 Å². The van der Waals surface area contributed by atoms with Crippen molar-refractivity contribution in [1.29, 1.82) is 0 Å². The van der Waals surface area contributed by atoms with Crippen molar-refractivity contribution in [2.24, 2.45) is 0 Å². The normalized spacial score (nSPS) is 25.0. The lowest BCUT2D eigenvalue weighted by atomic mass is 10.2. The summed E-state index contributed by atoms with van der Waals surface area (Å²) in [5, 5.41) is 0. The first-order valence-corrected chi connectivity index (χ1v) is 10.2. The van der Waals surface area contributed by atoms with Gasteiger partial charge in [0, 0.05) is 6.17 Å². The highest BCUT2D eigenvalue weighted by molar-refractivity contribution is 6.82. The zero-order valence-corrected chi connectivity index (χ0v) is 13.9. The van der Waals surface area contributed by atoms with Gasteiger partial charge in [-0.25, -0.2) is 9.59 Å². The molecule has 2 heterocycles. The Labute approximate surface area is 121 Å². The molecule has 114 valence electrons. The standard InChI is InChI=1S/C14H25NO4Si/c1-14(2,3)19-13(17)15-10-20(7-5-6-8-20)9-11(15)12(16)18-4/h11H,5-10H2,1-4H3. The molecule has 2 aliphatic rings. The molecule has 5 nitrogen and oxygen atoms in total. The van der Waals surface area contributed by atoms with Crippen LogP contribution in [0.4, 0.5) is 4.79 Å². The van der Waals surface area contributed by atoms with Gasteiger partial charge in [-0.15, -0.1) is 0 Å². The van der Waals surface area contributed by atoms with Gasteiger partial charge in [-0.2, -0.15) is 0 Å². The van der Waals surface area contributed by atoms with E-state index in [-0.39, 0.29) is 12.1 Å². The fourth-order valence-corrected chi connectivity index (χ4v) is 8.79. The zero-order valence-electron chi connectivity index (χ0n) is 12.9. The second-order valence-electron chi connectivity index (χ2n) is 7.06. The number of carbonyl (C=O) groups excluding carboxylic acids is 2. The Morgan fingerprint density at radius 1 is 1.20 bits per heavy atom. The maximum Gasteiger partial charge on any atom is 0.410 e. The minimum Gasteiger partial charge on any atom is -0.467 e. The summed E-state index contributed by atoms with van der Waals surface area (Å²) in [5.41, 5.74) is -0.537. The number of carbonyl (C=O) groups is 2. The van der Waals surface area contributed by atoms with E-state index >= 15 is 0 Å². The minimum atomic E-state index is -1.49. The van der Waals surface area contributed by atoms with Crippen LogP contribution in [0.1, 0.15) is 33.6 Å². The third-order valence-corrected chi connectivity index (χ3v) is 9.37. The predicted molar refractivity (Wildman–Crippen MR) is 78.2 cm³/mol. The summed E-state index contributed by atoms with van der Waals surface area (Å²) in [4.78, 5) is 26.0. The first kappa shape index (κ1) is 15.3. The number of amides is 1. The van der Waals surface area contributed by atoms with Gasteiger partial charge in [0.1, 0.15) is 11.6 Å². The fourth-order valence-electron chi connectivity index (χ4n) is 3.40. The highest BCUT2D eigenvalue weighted by Crippen LogP contribution is 2.41. The van der Waals surface area contributed by atoms with E-state index in [1.54, 1.807) is 4.90 Å². The van der Waals surface area contributed by atoms with Crippen LogP contribution in [0.5, 0.6) is 0 Å². The molecule has 2 rings (SSSR count). The van der Waals surface area contributed by atoms with E-state index in [1.165, 1.54) is 32.0 Å². The molecular formula is C14H25NO4Si. The van der Waals surface area contributed by atoms with Crippen molar-refractivity contribution < 1.29 is 19.1 Å². The first-order chi connectivity index (χ1) is 9.26.